The molecule has 0 bridgehead atoms. The molecule has 0 aromatic heterocycles. The number of alkyl halides is 2. The fourth-order valence-corrected chi connectivity index (χ4v) is 1.39. The van der Waals surface area contributed by atoms with E-state index in [0.29, 0.717) is 0 Å². The van der Waals surface area contributed by atoms with Crippen molar-refractivity contribution in [3.8, 4) is 0 Å². The zero-order valence-electron chi connectivity index (χ0n) is 9.02. The van der Waals surface area contributed by atoms with Crippen LogP contribution in [0.25, 0.3) is 0 Å². The average Bonchev–Trinajstić information content (AvgIpc) is 2.15. The van der Waals surface area contributed by atoms with Gasteiger partial charge in [-0.1, -0.05) is 26.7 Å². The van der Waals surface area contributed by atoms with Crippen molar-refractivity contribution in [3.05, 3.63) is 0 Å². The molecule has 0 aliphatic rings. The lowest BCUT2D eigenvalue weighted by atomic mass is 10.1. The Balaban J connectivity index is 3.80. The van der Waals surface area contributed by atoms with Crippen molar-refractivity contribution < 1.29 is 13.9 Å². The monoisotopic (exact) mass is 209 g/mol. The Morgan fingerprint density at radius 3 is 2.07 bits per heavy atom. The van der Waals surface area contributed by atoms with E-state index in [4.69, 9.17) is 5.11 Å². The molecular formula is C10H21F2NO. The van der Waals surface area contributed by atoms with Gasteiger partial charge in [-0.15, -0.1) is 0 Å². The van der Waals surface area contributed by atoms with Crippen LogP contribution in [0.1, 0.15) is 39.5 Å². The third-order valence-electron chi connectivity index (χ3n) is 2.15. The SMILES string of the molecule is CCCC(CCC)NCC(F)(F)CO. The Hall–Kier alpha value is -0.220. The van der Waals surface area contributed by atoms with Gasteiger partial charge in [0.05, 0.1) is 6.54 Å². The number of hydrogen-bond donors (Lipinski definition) is 2. The van der Waals surface area contributed by atoms with Gasteiger partial charge in [-0.3, -0.25) is 0 Å². The minimum Gasteiger partial charge on any atom is -0.390 e. The molecule has 2 N–H and O–H groups in total. The Morgan fingerprint density at radius 1 is 1.21 bits per heavy atom. The summed E-state index contributed by atoms with van der Waals surface area (Å²) >= 11 is 0. The molecule has 0 heterocycles. The van der Waals surface area contributed by atoms with Crippen molar-refractivity contribution in [2.75, 3.05) is 13.2 Å². The van der Waals surface area contributed by atoms with E-state index in [2.05, 4.69) is 5.32 Å². The Labute approximate surface area is 84.7 Å². The molecule has 2 nitrogen and oxygen atoms in total. The van der Waals surface area contributed by atoms with Crippen LogP contribution >= 0.6 is 0 Å². The van der Waals surface area contributed by atoms with Crippen LogP contribution in [0.4, 0.5) is 8.78 Å². The summed E-state index contributed by atoms with van der Waals surface area (Å²) in [5, 5.41) is 11.2. The van der Waals surface area contributed by atoms with Gasteiger partial charge in [0.2, 0.25) is 0 Å². The summed E-state index contributed by atoms with van der Waals surface area (Å²) in [7, 11) is 0. The molecule has 0 saturated heterocycles. The molecule has 86 valence electrons. The molecule has 0 saturated carbocycles. The predicted octanol–water partition coefficient (Wildman–Crippen LogP) is 2.17. The molecule has 0 spiro atoms. The number of rotatable bonds is 8. The average molecular weight is 209 g/mol. The minimum atomic E-state index is -2.99. The maximum absolute atomic E-state index is 12.7. The van der Waals surface area contributed by atoms with Crippen LogP contribution < -0.4 is 5.32 Å². The summed E-state index contributed by atoms with van der Waals surface area (Å²) < 4.78 is 25.4. The summed E-state index contributed by atoms with van der Waals surface area (Å²) in [5.41, 5.74) is 0. The van der Waals surface area contributed by atoms with E-state index in [1.807, 2.05) is 13.8 Å². The fraction of sp³-hybridized carbons (Fsp3) is 1.00. The number of hydrogen-bond acceptors (Lipinski definition) is 2. The first-order valence-electron chi connectivity index (χ1n) is 5.27. The molecule has 0 aromatic carbocycles. The van der Waals surface area contributed by atoms with E-state index in [0.717, 1.165) is 25.7 Å². The lowest BCUT2D eigenvalue weighted by Crippen LogP contribution is -2.41. The molecule has 0 aliphatic carbocycles. The van der Waals surface area contributed by atoms with Crippen LogP contribution in [0.3, 0.4) is 0 Å². The van der Waals surface area contributed by atoms with Gasteiger partial charge in [0, 0.05) is 6.04 Å². The van der Waals surface area contributed by atoms with Crippen molar-refractivity contribution >= 4 is 0 Å². The van der Waals surface area contributed by atoms with Gasteiger partial charge in [0.15, 0.2) is 0 Å². The molecule has 0 unspecified atom stereocenters. The van der Waals surface area contributed by atoms with Gasteiger partial charge in [0.1, 0.15) is 6.61 Å². The second-order valence-electron chi connectivity index (χ2n) is 3.67. The normalized spacial score (nSPS) is 12.4. The first-order chi connectivity index (χ1) is 6.55. The summed E-state index contributed by atoms with van der Waals surface area (Å²) in [6.45, 7) is 2.57. The first kappa shape index (κ1) is 13.8. The second kappa shape index (κ2) is 7.12. The molecule has 14 heavy (non-hydrogen) atoms. The van der Waals surface area contributed by atoms with E-state index in [-0.39, 0.29) is 6.04 Å². The number of aliphatic hydroxyl groups is 1. The highest BCUT2D eigenvalue weighted by molar-refractivity contribution is 4.73. The van der Waals surface area contributed by atoms with Crippen LogP contribution in [0.15, 0.2) is 0 Å². The molecule has 0 aromatic rings. The largest absolute Gasteiger partial charge is 0.390 e. The van der Waals surface area contributed by atoms with Crippen molar-refractivity contribution in [1.82, 2.24) is 5.32 Å². The van der Waals surface area contributed by atoms with Crippen LogP contribution in [0.2, 0.25) is 0 Å². The highest BCUT2D eigenvalue weighted by atomic mass is 19.3. The Kier molecular flexibility index (Phi) is 7.01. The van der Waals surface area contributed by atoms with Crippen LogP contribution in [0, 0.1) is 0 Å². The quantitative estimate of drug-likeness (QED) is 0.642. The van der Waals surface area contributed by atoms with Crippen molar-refractivity contribution in [1.29, 1.82) is 0 Å². The molecule has 4 heteroatoms. The smallest absolute Gasteiger partial charge is 0.282 e. The molecular weight excluding hydrogens is 188 g/mol. The Bertz CT molecular complexity index is 136. The van der Waals surface area contributed by atoms with Gasteiger partial charge < -0.3 is 10.4 Å². The van der Waals surface area contributed by atoms with Gasteiger partial charge in [-0.2, -0.15) is 0 Å². The zero-order valence-corrected chi connectivity index (χ0v) is 9.02. The van der Waals surface area contributed by atoms with E-state index < -0.39 is 19.1 Å². The van der Waals surface area contributed by atoms with E-state index in [9.17, 15) is 8.78 Å². The van der Waals surface area contributed by atoms with Crippen LogP contribution in [-0.2, 0) is 0 Å². The lowest BCUT2D eigenvalue weighted by molar-refractivity contribution is -0.0496. The summed E-state index contributed by atoms with van der Waals surface area (Å²) in [4.78, 5) is 0. The van der Waals surface area contributed by atoms with Gasteiger partial charge in [-0.25, -0.2) is 8.78 Å². The maximum atomic E-state index is 12.7. The van der Waals surface area contributed by atoms with Crippen molar-refractivity contribution in [3.63, 3.8) is 0 Å². The molecule has 0 atom stereocenters. The van der Waals surface area contributed by atoms with Crippen LogP contribution in [0.5, 0.6) is 0 Å². The summed E-state index contributed by atoms with van der Waals surface area (Å²) in [6, 6.07) is 0.155. The second-order valence-corrected chi connectivity index (χ2v) is 3.67. The molecule has 0 fully saturated rings. The zero-order chi connectivity index (χ0) is 11.0. The third-order valence-corrected chi connectivity index (χ3v) is 2.15. The molecule has 0 radical (unpaired) electrons. The minimum absolute atomic E-state index is 0.155. The molecule has 0 amide bonds. The third kappa shape index (κ3) is 6.27. The maximum Gasteiger partial charge on any atom is 0.282 e. The van der Waals surface area contributed by atoms with E-state index in [1.54, 1.807) is 0 Å². The van der Waals surface area contributed by atoms with Gasteiger partial charge in [0.25, 0.3) is 5.92 Å². The van der Waals surface area contributed by atoms with Gasteiger partial charge >= 0.3 is 0 Å². The number of halogens is 2. The van der Waals surface area contributed by atoms with E-state index >= 15 is 0 Å². The fourth-order valence-electron chi connectivity index (χ4n) is 1.39. The van der Waals surface area contributed by atoms with E-state index in [1.165, 1.54) is 0 Å². The van der Waals surface area contributed by atoms with Crippen molar-refractivity contribution in [2.45, 2.75) is 51.5 Å². The molecule has 0 aliphatic heterocycles. The Morgan fingerprint density at radius 2 is 1.71 bits per heavy atom. The summed E-state index contributed by atoms with van der Waals surface area (Å²) in [6.07, 6.45) is 3.80. The first-order valence-corrected chi connectivity index (χ1v) is 5.27. The van der Waals surface area contributed by atoms with Crippen LogP contribution in [-0.4, -0.2) is 30.2 Å². The van der Waals surface area contributed by atoms with Crippen molar-refractivity contribution in [2.24, 2.45) is 0 Å². The van der Waals surface area contributed by atoms with Gasteiger partial charge in [-0.05, 0) is 12.8 Å². The standard InChI is InChI=1S/C10H21F2NO/c1-3-5-9(6-4-2)13-7-10(11,12)8-14/h9,13-14H,3-8H2,1-2H3. The highest BCUT2D eigenvalue weighted by Crippen LogP contribution is 2.12. The topological polar surface area (TPSA) is 32.3 Å². The number of nitrogens with one attached hydrogen (secondary N) is 1. The predicted molar refractivity (Wildman–Crippen MR) is 53.6 cm³/mol. The lowest BCUT2D eigenvalue weighted by Gasteiger charge is -2.21. The summed E-state index contributed by atoms with van der Waals surface area (Å²) in [5.74, 6) is -2.99. The highest BCUT2D eigenvalue weighted by Gasteiger charge is 2.27. The number of aliphatic hydroxyl groups excluding tert-OH is 1. The molecule has 0 rings (SSSR count).